The predicted molar refractivity (Wildman–Crippen MR) is 66.2 cm³/mol. The van der Waals surface area contributed by atoms with Gasteiger partial charge in [0.1, 0.15) is 6.04 Å². The van der Waals surface area contributed by atoms with Crippen molar-refractivity contribution < 1.29 is 23.8 Å². The van der Waals surface area contributed by atoms with E-state index < -0.39 is 23.7 Å². The minimum absolute atomic E-state index is 0.130. The molecule has 1 amide bonds. The van der Waals surface area contributed by atoms with Crippen molar-refractivity contribution in [3.8, 4) is 5.75 Å². The fraction of sp³-hybridized carbons (Fsp3) is 0.273. The number of hydrogen-bond acceptors (Lipinski definition) is 4. The number of halogens is 1. The third-order valence-corrected chi connectivity index (χ3v) is 3.23. The van der Waals surface area contributed by atoms with Gasteiger partial charge in [0, 0.05) is 0 Å². The standard InChI is InChI=1S/C11H12FN2O4.Al/c1-18-9-6(10(14)15)2-5(3-7(9)12)4-8(13)11(16)17;/h3,8H,4,13H2,1H3,(H2,14,15)(H,16,17);. The van der Waals surface area contributed by atoms with Crippen molar-refractivity contribution in [2.24, 2.45) is 11.5 Å². The van der Waals surface area contributed by atoms with Crippen molar-refractivity contribution in [2.75, 3.05) is 7.11 Å². The third-order valence-electron chi connectivity index (χ3n) is 2.57. The molecule has 0 aliphatic carbocycles. The van der Waals surface area contributed by atoms with Crippen LogP contribution in [0.2, 0.25) is 0 Å². The average Bonchev–Trinajstić information content (AvgIpc) is 2.31. The predicted octanol–water partition coefficient (Wildman–Crippen LogP) is -1.32. The van der Waals surface area contributed by atoms with Gasteiger partial charge in [0.15, 0.2) is 27.9 Å². The first-order valence-electron chi connectivity index (χ1n) is 5.22. The highest BCUT2D eigenvalue weighted by Gasteiger charge is 2.21. The lowest BCUT2D eigenvalue weighted by Gasteiger charge is -2.16. The number of rotatable bonds is 5. The van der Waals surface area contributed by atoms with Gasteiger partial charge in [-0.25, -0.2) is 4.39 Å². The van der Waals surface area contributed by atoms with E-state index in [9.17, 15) is 14.0 Å². The van der Waals surface area contributed by atoms with Crippen LogP contribution in [-0.4, -0.2) is 46.4 Å². The molecule has 0 heterocycles. The van der Waals surface area contributed by atoms with Crippen LogP contribution >= 0.6 is 0 Å². The average molecular weight is 282 g/mol. The molecule has 8 heteroatoms. The van der Waals surface area contributed by atoms with Crippen molar-refractivity contribution in [1.29, 1.82) is 0 Å². The van der Waals surface area contributed by atoms with Crippen LogP contribution in [0.25, 0.3) is 0 Å². The van der Waals surface area contributed by atoms with E-state index in [-0.39, 0.29) is 27.7 Å². The number of carbonyl (C=O) groups is 2. The fourth-order valence-electron chi connectivity index (χ4n) is 1.64. The Morgan fingerprint density at radius 3 is 2.58 bits per heavy atom. The zero-order valence-corrected chi connectivity index (χ0v) is 11.3. The van der Waals surface area contributed by atoms with Crippen LogP contribution in [-0.2, 0) is 11.2 Å². The molecule has 0 aliphatic rings. The van der Waals surface area contributed by atoms with E-state index >= 15 is 0 Å². The summed E-state index contributed by atoms with van der Waals surface area (Å²) in [5, 5.41) is 8.74. The Bertz CT molecular complexity index is 536. The molecule has 0 aromatic heterocycles. The second kappa shape index (κ2) is 6.02. The molecule has 5 N–H and O–H groups in total. The molecule has 19 heavy (non-hydrogen) atoms. The molecule has 0 fully saturated rings. The molecule has 0 spiro atoms. The summed E-state index contributed by atoms with van der Waals surface area (Å²) < 4.78 is 18.8. The molecule has 1 aromatic carbocycles. The number of carboxylic acid groups (broad SMARTS) is 1. The summed E-state index contributed by atoms with van der Waals surface area (Å²) in [6, 6.07) is -0.121. The van der Waals surface area contributed by atoms with Crippen molar-refractivity contribution in [2.45, 2.75) is 12.5 Å². The molecule has 6 nitrogen and oxygen atoms in total. The van der Waals surface area contributed by atoms with Gasteiger partial charge in [-0.3, -0.25) is 9.59 Å². The van der Waals surface area contributed by atoms with Gasteiger partial charge in [-0.1, -0.05) is 5.56 Å². The maximum Gasteiger partial charge on any atom is 0.320 e. The maximum absolute atomic E-state index is 13.8. The number of primary amides is 1. The molecule has 1 aromatic rings. The second-order valence-electron chi connectivity index (χ2n) is 3.85. The van der Waals surface area contributed by atoms with Crippen LogP contribution in [0.3, 0.4) is 0 Å². The van der Waals surface area contributed by atoms with Crippen LogP contribution < -0.4 is 20.6 Å². The van der Waals surface area contributed by atoms with Crippen molar-refractivity contribution >= 4 is 32.6 Å². The minimum Gasteiger partial charge on any atom is -0.493 e. The summed E-state index contributed by atoms with van der Waals surface area (Å²) in [7, 11) is 1.21. The van der Waals surface area contributed by atoms with Gasteiger partial charge in [-0.2, -0.15) is 0 Å². The van der Waals surface area contributed by atoms with Crippen LogP contribution in [0.5, 0.6) is 5.75 Å². The van der Waals surface area contributed by atoms with Gasteiger partial charge < -0.3 is 21.3 Å². The molecular weight excluding hydrogens is 270 g/mol. The Morgan fingerprint density at radius 2 is 2.16 bits per heavy atom. The second-order valence-corrected chi connectivity index (χ2v) is 4.43. The SMILES string of the molecule is COc1c(F)cc(CC(N)C(=O)O)[c]([Al])c1C(N)=O. The molecule has 2 radical (unpaired) electrons. The van der Waals surface area contributed by atoms with E-state index in [4.69, 9.17) is 21.3 Å². The Morgan fingerprint density at radius 1 is 1.58 bits per heavy atom. The summed E-state index contributed by atoms with van der Waals surface area (Å²) in [6.45, 7) is 0. The van der Waals surface area contributed by atoms with Crippen LogP contribution in [0.15, 0.2) is 6.07 Å². The molecule has 0 bridgehead atoms. The maximum atomic E-state index is 13.8. The van der Waals surface area contributed by atoms with Gasteiger partial charge in [0.05, 0.1) is 12.7 Å². The first-order chi connectivity index (χ1) is 8.79. The highest BCUT2D eigenvalue weighted by Crippen LogP contribution is 2.22. The van der Waals surface area contributed by atoms with Gasteiger partial charge in [0.25, 0.3) is 5.91 Å². The van der Waals surface area contributed by atoms with E-state index in [0.29, 0.717) is 0 Å². The normalized spacial score (nSPS) is 11.9. The molecule has 0 aliphatic heterocycles. The van der Waals surface area contributed by atoms with E-state index in [1.807, 2.05) is 0 Å². The van der Waals surface area contributed by atoms with Crippen molar-refractivity contribution in [3.05, 3.63) is 23.0 Å². The van der Waals surface area contributed by atoms with Crippen molar-refractivity contribution in [3.63, 3.8) is 0 Å². The number of benzene rings is 1. The molecular formula is C11H12AlFN2O4. The smallest absolute Gasteiger partial charge is 0.320 e. The quantitative estimate of drug-likeness (QED) is 0.579. The summed E-state index contributed by atoms with van der Waals surface area (Å²) in [5.41, 5.74) is 10.7. The Labute approximate surface area is 116 Å². The number of hydrogen-bond donors (Lipinski definition) is 3. The molecule has 1 unspecified atom stereocenters. The Kier molecular flexibility index (Phi) is 4.89. The van der Waals surface area contributed by atoms with E-state index in [0.717, 1.165) is 6.07 Å². The number of ether oxygens (including phenoxy) is 1. The van der Waals surface area contributed by atoms with Crippen LogP contribution in [0.4, 0.5) is 4.39 Å². The molecule has 0 saturated heterocycles. The largest absolute Gasteiger partial charge is 0.493 e. The van der Waals surface area contributed by atoms with E-state index in [2.05, 4.69) is 16.3 Å². The molecule has 1 rings (SSSR count). The number of aliphatic carboxylic acids is 1. The van der Waals surface area contributed by atoms with Gasteiger partial charge in [-0.15, -0.1) is 4.43 Å². The topological polar surface area (TPSA) is 116 Å². The highest BCUT2D eigenvalue weighted by molar-refractivity contribution is 6.38. The molecule has 100 valence electrons. The van der Waals surface area contributed by atoms with Crippen LogP contribution in [0.1, 0.15) is 15.9 Å². The summed E-state index contributed by atoms with van der Waals surface area (Å²) in [6.07, 6.45) is -0.130. The number of carboxylic acids is 1. The fourth-order valence-corrected chi connectivity index (χ4v) is 2.11. The monoisotopic (exact) mass is 282 g/mol. The van der Waals surface area contributed by atoms with Gasteiger partial charge in [-0.05, 0) is 12.5 Å². The summed E-state index contributed by atoms with van der Waals surface area (Å²) >= 11 is 2.23. The number of nitrogens with two attached hydrogens (primary N) is 2. The molecule has 1 atom stereocenters. The molecule has 0 saturated carbocycles. The number of carbonyl (C=O) groups excluding carboxylic acids is 1. The first-order valence-corrected chi connectivity index (χ1v) is 5.80. The van der Waals surface area contributed by atoms with Gasteiger partial charge in [0.2, 0.25) is 0 Å². The summed E-state index contributed by atoms with van der Waals surface area (Å²) in [5.74, 6) is -3.16. The zero-order chi connectivity index (χ0) is 14.7. The van der Waals surface area contributed by atoms with Crippen molar-refractivity contribution in [1.82, 2.24) is 0 Å². The van der Waals surface area contributed by atoms with E-state index in [1.54, 1.807) is 0 Å². The Balaban J connectivity index is 3.36. The Hall–Kier alpha value is -1.62. The van der Waals surface area contributed by atoms with Crippen LogP contribution in [0, 0.1) is 5.82 Å². The minimum atomic E-state index is -1.22. The van der Waals surface area contributed by atoms with Gasteiger partial charge >= 0.3 is 5.97 Å². The lowest BCUT2D eigenvalue weighted by molar-refractivity contribution is -0.138. The zero-order valence-electron chi connectivity index (χ0n) is 10.1. The lowest BCUT2D eigenvalue weighted by Crippen LogP contribution is -2.35. The number of methoxy groups -OCH3 is 1. The first kappa shape index (κ1) is 15.4. The van der Waals surface area contributed by atoms with E-state index in [1.165, 1.54) is 7.11 Å². The number of amides is 1. The lowest BCUT2D eigenvalue weighted by atomic mass is 10.0. The third kappa shape index (κ3) is 3.23. The summed E-state index contributed by atoms with van der Waals surface area (Å²) in [4.78, 5) is 22.0. The highest BCUT2D eigenvalue weighted by atomic mass is 27.0.